The first kappa shape index (κ1) is 14.0. The summed E-state index contributed by atoms with van der Waals surface area (Å²) in [7, 11) is 0. The zero-order valence-electron chi connectivity index (χ0n) is 11.1. The third-order valence-corrected chi connectivity index (χ3v) is 3.08. The van der Waals surface area contributed by atoms with Crippen molar-refractivity contribution in [2.75, 3.05) is 0 Å². The average Bonchev–Trinajstić information content (AvgIpc) is 2.72. The van der Waals surface area contributed by atoms with E-state index in [2.05, 4.69) is 0 Å². The minimum Gasteiger partial charge on any atom is -0.508 e. The van der Waals surface area contributed by atoms with Gasteiger partial charge in [-0.1, -0.05) is 12.1 Å². The third-order valence-electron chi connectivity index (χ3n) is 3.08. The molecule has 1 fully saturated rings. The maximum absolute atomic E-state index is 11.6. The van der Waals surface area contributed by atoms with Crippen LogP contribution >= 0.6 is 0 Å². The summed E-state index contributed by atoms with van der Waals surface area (Å²) < 4.78 is 0. The van der Waals surface area contributed by atoms with Crippen molar-refractivity contribution in [1.29, 1.82) is 0 Å². The Bertz CT molecular complexity index is 551. The number of benzene rings is 1. The van der Waals surface area contributed by atoms with Crippen LogP contribution < -0.4 is 0 Å². The van der Waals surface area contributed by atoms with E-state index in [0.717, 1.165) is 11.1 Å². The molecule has 2 amide bonds. The lowest BCUT2D eigenvalue weighted by atomic mass is 10.1. The Morgan fingerprint density at radius 2 is 1.95 bits per heavy atom. The number of nitrogens with zero attached hydrogens (tertiary/aromatic N) is 1. The maximum atomic E-state index is 11.6. The van der Waals surface area contributed by atoms with Gasteiger partial charge in [-0.05, 0) is 30.5 Å². The van der Waals surface area contributed by atoms with Gasteiger partial charge in [-0.25, -0.2) is 4.79 Å². The molecule has 0 aliphatic carbocycles. The Morgan fingerprint density at radius 1 is 1.30 bits per heavy atom. The molecule has 0 atom stereocenters. The van der Waals surface area contributed by atoms with Crippen molar-refractivity contribution in [3.8, 4) is 5.75 Å². The molecule has 6 heteroatoms. The predicted molar refractivity (Wildman–Crippen MR) is 68.3 cm³/mol. The smallest absolute Gasteiger partial charge is 0.333 e. The predicted octanol–water partition coefficient (Wildman–Crippen LogP) is 1.24. The Kier molecular flexibility index (Phi) is 4.02. The fourth-order valence-electron chi connectivity index (χ4n) is 1.92. The second-order valence-electron chi connectivity index (χ2n) is 4.67. The van der Waals surface area contributed by atoms with Crippen LogP contribution in [-0.4, -0.2) is 28.0 Å². The Hall–Kier alpha value is -2.37. The first-order valence-electron chi connectivity index (χ1n) is 6.32. The molecule has 106 valence electrons. The van der Waals surface area contributed by atoms with Crippen LogP contribution in [0.5, 0.6) is 5.75 Å². The first-order chi connectivity index (χ1) is 9.47. The van der Waals surface area contributed by atoms with Crippen LogP contribution in [0.25, 0.3) is 0 Å². The third kappa shape index (κ3) is 3.14. The zero-order chi connectivity index (χ0) is 14.7. The monoisotopic (exact) mass is 277 g/mol. The maximum Gasteiger partial charge on any atom is 0.333 e. The second-order valence-corrected chi connectivity index (χ2v) is 4.67. The Morgan fingerprint density at radius 3 is 2.55 bits per heavy atom. The van der Waals surface area contributed by atoms with Crippen LogP contribution in [0.3, 0.4) is 0 Å². The quantitative estimate of drug-likeness (QED) is 0.837. The number of hydrogen-bond acceptors (Lipinski definition) is 5. The van der Waals surface area contributed by atoms with Crippen molar-refractivity contribution in [3.05, 3.63) is 29.3 Å². The molecule has 1 aromatic rings. The van der Waals surface area contributed by atoms with Crippen LogP contribution in [0.15, 0.2) is 18.2 Å². The van der Waals surface area contributed by atoms with Gasteiger partial charge in [0, 0.05) is 12.8 Å². The van der Waals surface area contributed by atoms with Crippen molar-refractivity contribution in [2.24, 2.45) is 0 Å². The van der Waals surface area contributed by atoms with Crippen LogP contribution in [0.1, 0.15) is 30.4 Å². The zero-order valence-corrected chi connectivity index (χ0v) is 11.1. The fourth-order valence-corrected chi connectivity index (χ4v) is 1.92. The standard InChI is InChI=1S/C14H15NO5/c1-9-8-10(2-4-11(9)16)3-7-14(19)20-15-12(17)5-6-13(15)18/h2,4,8,16H,3,5-7H2,1H3. The van der Waals surface area contributed by atoms with Gasteiger partial charge in [-0.2, -0.15) is 0 Å². The number of aromatic hydroxyl groups is 1. The summed E-state index contributed by atoms with van der Waals surface area (Å²) in [5.74, 6) is -1.39. The summed E-state index contributed by atoms with van der Waals surface area (Å²) in [4.78, 5) is 38.9. The van der Waals surface area contributed by atoms with E-state index in [0.29, 0.717) is 11.5 Å². The number of carbonyl (C=O) groups is 3. The van der Waals surface area contributed by atoms with Crippen molar-refractivity contribution >= 4 is 17.8 Å². The van der Waals surface area contributed by atoms with Crippen molar-refractivity contribution < 1.29 is 24.3 Å². The van der Waals surface area contributed by atoms with E-state index in [1.807, 2.05) is 0 Å². The molecule has 1 aromatic carbocycles. The summed E-state index contributed by atoms with van der Waals surface area (Å²) in [5.41, 5.74) is 1.59. The summed E-state index contributed by atoms with van der Waals surface area (Å²) in [6, 6.07) is 5.04. The van der Waals surface area contributed by atoms with Gasteiger partial charge in [0.2, 0.25) is 0 Å². The summed E-state index contributed by atoms with van der Waals surface area (Å²) in [5, 5.41) is 9.94. The minimum absolute atomic E-state index is 0.0568. The second kappa shape index (κ2) is 5.73. The molecule has 0 radical (unpaired) electrons. The molecule has 1 heterocycles. The molecule has 0 bridgehead atoms. The number of phenolic OH excluding ortho intramolecular Hbond substituents is 1. The van der Waals surface area contributed by atoms with Crippen molar-refractivity contribution in [2.45, 2.75) is 32.6 Å². The highest BCUT2D eigenvalue weighted by atomic mass is 16.7. The van der Waals surface area contributed by atoms with Gasteiger partial charge in [0.25, 0.3) is 11.8 Å². The molecule has 6 nitrogen and oxygen atoms in total. The van der Waals surface area contributed by atoms with Crippen molar-refractivity contribution in [3.63, 3.8) is 0 Å². The lowest BCUT2D eigenvalue weighted by Crippen LogP contribution is -2.32. The van der Waals surface area contributed by atoms with Crippen LogP contribution in [-0.2, 0) is 25.6 Å². The number of rotatable bonds is 4. The Labute approximate surface area is 115 Å². The molecule has 1 saturated heterocycles. The number of aryl methyl sites for hydroxylation is 2. The first-order valence-corrected chi connectivity index (χ1v) is 6.32. The normalized spacial score (nSPS) is 14.8. The number of phenols is 1. The van der Waals surface area contributed by atoms with E-state index in [-0.39, 0.29) is 25.0 Å². The van der Waals surface area contributed by atoms with E-state index in [1.165, 1.54) is 0 Å². The highest BCUT2D eigenvalue weighted by molar-refractivity contribution is 6.01. The van der Waals surface area contributed by atoms with E-state index in [1.54, 1.807) is 25.1 Å². The molecule has 1 aliphatic heterocycles. The largest absolute Gasteiger partial charge is 0.508 e. The SMILES string of the molecule is Cc1cc(CCC(=O)ON2C(=O)CCC2=O)ccc1O. The molecule has 20 heavy (non-hydrogen) atoms. The van der Waals surface area contributed by atoms with Gasteiger partial charge in [0.15, 0.2) is 0 Å². The highest BCUT2D eigenvalue weighted by Crippen LogP contribution is 2.18. The Balaban J connectivity index is 1.87. The van der Waals surface area contributed by atoms with Gasteiger partial charge < -0.3 is 9.94 Å². The molecule has 0 saturated carbocycles. The van der Waals surface area contributed by atoms with Gasteiger partial charge in [-0.3, -0.25) is 9.59 Å². The average molecular weight is 277 g/mol. The van der Waals surface area contributed by atoms with Gasteiger partial charge in [0.1, 0.15) is 5.75 Å². The van der Waals surface area contributed by atoms with Crippen LogP contribution in [0, 0.1) is 6.92 Å². The molecule has 1 N–H and O–H groups in total. The summed E-state index contributed by atoms with van der Waals surface area (Å²) in [6.45, 7) is 1.76. The fraction of sp³-hybridized carbons (Fsp3) is 0.357. The lowest BCUT2D eigenvalue weighted by Gasteiger charge is -2.12. The van der Waals surface area contributed by atoms with Gasteiger partial charge in [-0.15, -0.1) is 5.06 Å². The topological polar surface area (TPSA) is 83.9 Å². The number of hydroxylamine groups is 2. The van der Waals surface area contributed by atoms with Crippen LogP contribution in [0.2, 0.25) is 0 Å². The van der Waals surface area contributed by atoms with E-state index in [4.69, 9.17) is 4.84 Å². The van der Waals surface area contributed by atoms with E-state index < -0.39 is 17.8 Å². The van der Waals surface area contributed by atoms with Crippen molar-refractivity contribution in [1.82, 2.24) is 5.06 Å². The molecule has 0 aromatic heterocycles. The number of carbonyl (C=O) groups excluding carboxylic acids is 3. The molecular weight excluding hydrogens is 262 g/mol. The molecule has 1 aliphatic rings. The van der Waals surface area contributed by atoms with Crippen LogP contribution in [0.4, 0.5) is 0 Å². The molecule has 2 rings (SSSR count). The molecule has 0 unspecified atom stereocenters. The highest BCUT2D eigenvalue weighted by Gasteiger charge is 2.32. The summed E-state index contributed by atoms with van der Waals surface area (Å²) in [6.07, 6.45) is 0.643. The number of hydrogen-bond donors (Lipinski definition) is 1. The summed E-state index contributed by atoms with van der Waals surface area (Å²) >= 11 is 0. The number of amides is 2. The van der Waals surface area contributed by atoms with E-state index >= 15 is 0 Å². The van der Waals surface area contributed by atoms with Gasteiger partial charge >= 0.3 is 5.97 Å². The molecule has 0 spiro atoms. The lowest BCUT2D eigenvalue weighted by molar-refractivity contribution is -0.197. The molecular formula is C14H15NO5. The number of imide groups is 1. The van der Waals surface area contributed by atoms with Gasteiger partial charge in [0.05, 0.1) is 6.42 Å². The minimum atomic E-state index is -0.626. The van der Waals surface area contributed by atoms with E-state index in [9.17, 15) is 19.5 Å².